The zero-order chi connectivity index (χ0) is 11.4. The molecule has 0 amide bonds. The van der Waals surface area contributed by atoms with Gasteiger partial charge in [-0.25, -0.2) is 4.98 Å². The van der Waals surface area contributed by atoms with Crippen LogP contribution in [0.1, 0.15) is 5.56 Å². The molecule has 0 aliphatic carbocycles. The number of amidine groups is 1. The lowest BCUT2D eigenvalue weighted by Crippen LogP contribution is -2.14. The second-order valence-electron chi connectivity index (χ2n) is 2.85. The van der Waals surface area contributed by atoms with Gasteiger partial charge < -0.3 is 15.9 Å². The van der Waals surface area contributed by atoms with Crippen molar-refractivity contribution >= 4 is 17.6 Å². The maximum Gasteiger partial charge on any atom is 0.171 e. The van der Waals surface area contributed by atoms with E-state index >= 15 is 0 Å². The van der Waals surface area contributed by atoms with Gasteiger partial charge in [-0.15, -0.1) is 0 Å². The summed E-state index contributed by atoms with van der Waals surface area (Å²) >= 11 is 1.36. The van der Waals surface area contributed by atoms with Crippen molar-refractivity contribution in [3.8, 4) is 0 Å². The third-order valence-corrected chi connectivity index (χ3v) is 2.81. The predicted octanol–water partition coefficient (Wildman–Crippen LogP) is 1.05. The number of nitrogens with zero attached hydrogens (tertiary/aromatic N) is 3. The van der Waals surface area contributed by atoms with Crippen LogP contribution in [-0.2, 0) is 0 Å². The topological polar surface area (TPSA) is 100 Å². The molecular formula is C9H9N5OS. The first-order valence-corrected chi connectivity index (χ1v) is 5.22. The van der Waals surface area contributed by atoms with E-state index in [2.05, 4.69) is 20.1 Å². The maximum atomic E-state index is 8.65. The fraction of sp³-hybridized carbons (Fsp3) is 0. The fourth-order valence-electron chi connectivity index (χ4n) is 1.14. The van der Waals surface area contributed by atoms with E-state index < -0.39 is 0 Å². The molecule has 0 saturated carbocycles. The molecule has 16 heavy (non-hydrogen) atoms. The van der Waals surface area contributed by atoms with Gasteiger partial charge in [-0.1, -0.05) is 5.16 Å². The molecule has 0 unspecified atom stereocenters. The summed E-state index contributed by atoms with van der Waals surface area (Å²) in [6.45, 7) is 0. The standard InChI is InChI=1S/C9H9N5OS/c10-8(14-15)6-1-2-11-5-7(6)16-9-12-3-4-13-9/h1-5,15H,(H2,10,14)(H,12,13). The van der Waals surface area contributed by atoms with Crippen LogP contribution in [0, 0.1) is 0 Å². The van der Waals surface area contributed by atoms with Crippen molar-refractivity contribution in [2.45, 2.75) is 10.1 Å². The zero-order valence-electron chi connectivity index (χ0n) is 8.16. The molecule has 82 valence electrons. The lowest BCUT2D eigenvalue weighted by Gasteiger charge is -2.04. The van der Waals surface area contributed by atoms with Gasteiger partial charge in [-0.2, -0.15) is 0 Å². The Morgan fingerprint density at radius 3 is 3.06 bits per heavy atom. The van der Waals surface area contributed by atoms with E-state index in [1.54, 1.807) is 30.9 Å². The molecule has 0 fully saturated rings. The Morgan fingerprint density at radius 1 is 1.50 bits per heavy atom. The highest BCUT2D eigenvalue weighted by Gasteiger charge is 2.09. The van der Waals surface area contributed by atoms with E-state index in [1.165, 1.54) is 11.8 Å². The van der Waals surface area contributed by atoms with Crippen molar-refractivity contribution in [3.63, 3.8) is 0 Å². The summed E-state index contributed by atoms with van der Waals surface area (Å²) in [6.07, 6.45) is 6.60. The Bertz CT molecular complexity index is 496. The largest absolute Gasteiger partial charge is 0.409 e. The van der Waals surface area contributed by atoms with E-state index in [0.29, 0.717) is 5.56 Å². The highest BCUT2D eigenvalue weighted by atomic mass is 32.2. The van der Waals surface area contributed by atoms with Crippen molar-refractivity contribution in [2.75, 3.05) is 0 Å². The van der Waals surface area contributed by atoms with Crippen molar-refractivity contribution < 1.29 is 5.21 Å². The number of oxime groups is 1. The predicted molar refractivity (Wildman–Crippen MR) is 59.5 cm³/mol. The first kappa shape index (κ1) is 10.5. The second kappa shape index (κ2) is 4.67. The summed E-state index contributed by atoms with van der Waals surface area (Å²) < 4.78 is 0. The van der Waals surface area contributed by atoms with Gasteiger partial charge >= 0.3 is 0 Å². The Hall–Kier alpha value is -2.02. The molecule has 2 aromatic heterocycles. The smallest absolute Gasteiger partial charge is 0.171 e. The van der Waals surface area contributed by atoms with Gasteiger partial charge in [-0.3, -0.25) is 4.98 Å². The number of pyridine rings is 1. The number of aromatic amines is 1. The highest BCUT2D eigenvalue weighted by Crippen LogP contribution is 2.26. The lowest BCUT2D eigenvalue weighted by atomic mass is 10.2. The number of nitrogens with one attached hydrogen (secondary N) is 1. The molecule has 0 radical (unpaired) electrons. The highest BCUT2D eigenvalue weighted by molar-refractivity contribution is 7.99. The molecule has 2 aromatic rings. The number of nitrogens with two attached hydrogens (primary N) is 1. The normalized spacial score (nSPS) is 11.6. The van der Waals surface area contributed by atoms with Crippen molar-refractivity contribution in [1.29, 1.82) is 0 Å². The number of H-pyrrole nitrogens is 1. The molecule has 4 N–H and O–H groups in total. The Kier molecular flexibility index (Phi) is 3.06. The molecule has 0 aliphatic heterocycles. The van der Waals surface area contributed by atoms with Gasteiger partial charge in [0.15, 0.2) is 11.0 Å². The third kappa shape index (κ3) is 2.14. The molecule has 6 nitrogen and oxygen atoms in total. The van der Waals surface area contributed by atoms with Gasteiger partial charge in [0.25, 0.3) is 0 Å². The summed E-state index contributed by atoms with van der Waals surface area (Å²) in [4.78, 5) is 11.8. The minimum atomic E-state index is 0.0523. The summed E-state index contributed by atoms with van der Waals surface area (Å²) in [5.74, 6) is 0.0523. The molecule has 2 heterocycles. The summed E-state index contributed by atoms with van der Waals surface area (Å²) in [5, 5.41) is 12.3. The second-order valence-corrected chi connectivity index (χ2v) is 3.88. The Morgan fingerprint density at radius 2 is 2.38 bits per heavy atom. The molecule has 0 saturated heterocycles. The number of hydrogen-bond acceptors (Lipinski definition) is 5. The van der Waals surface area contributed by atoms with Crippen molar-refractivity contribution in [1.82, 2.24) is 15.0 Å². The van der Waals surface area contributed by atoms with Gasteiger partial charge in [0.2, 0.25) is 0 Å². The monoisotopic (exact) mass is 235 g/mol. The number of rotatable bonds is 3. The average molecular weight is 235 g/mol. The van der Waals surface area contributed by atoms with Crippen molar-refractivity contribution in [3.05, 3.63) is 36.4 Å². The lowest BCUT2D eigenvalue weighted by molar-refractivity contribution is 0.318. The molecular weight excluding hydrogens is 226 g/mol. The Labute approximate surface area is 95.6 Å². The quantitative estimate of drug-likeness (QED) is 0.319. The van der Waals surface area contributed by atoms with Crippen LogP contribution in [0.25, 0.3) is 0 Å². The van der Waals surface area contributed by atoms with Crippen LogP contribution < -0.4 is 5.73 Å². The number of imidazole rings is 1. The first-order valence-electron chi connectivity index (χ1n) is 4.40. The molecule has 2 rings (SSSR count). The third-order valence-electron chi connectivity index (χ3n) is 1.85. The summed E-state index contributed by atoms with van der Waals surface area (Å²) in [5.41, 5.74) is 6.18. The first-order chi connectivity index (χ1) is 7.81. The molecule has 0 spiro atoms. The summed E-state index contributed by atoms with van der Waals surface area (Å²) in [6, 6.07) is 1.68. The Balaban J connectivity index is 2.34. The summed E-state index contributed by atoms with van der Waals surface area (Å²) in [7, 11) is 0. The number of aromatic nitrogens is 3. The van der Waals surface area contributed by atoms with Gasteiger partial charge in [0, 0.05) is 35.2 Å². The van der Waals surface area contributed by atoms with E-state index in [0.717, 1.165) is 10.1 Å². The van der Waals surface area contributed by atoms with Crippen LogP contribution in [-0.4, -0.2) is 26.0 Å². The van der Waals surface area contributed by atoms with Gasteiger partial charge in [0.05, 0.1) is 0 Å². The minimum absolute atomic E-state index is 0.0523. The van der Waals surface area contributed by atoms with Crippen LogP contribution in [0.3, 0.4) is 0 Å². The molecule has 0 atom stereocenters. The van der Waals surface area contributed by atoms with Gasteiger partial charge in [0.1, 0.15) is 0 Å². The van der Waals surface area contributed by atoms with Crippen LogP contribution >= 0.6 is 11.8 Å². The fourth-order valence-corrected chi connectivity index (χ4v) is 1.98. The van der Waals surface area contributed by atoms with E-state index in [1.807, 2.05) is 0 Å². The van der Waals surface area contributed by atoms with Crippen LogP contribution in [0.15, 0.2) is 46.1 Å². The van der Waals surface area contributed by atoms with Gasteiger partial charge in [-0.05, 0) is 17.8 Å². The molecule has 7 heteroatoms. The van der Waals surface area contributed by atoms with E-state index in [-0.39, 0.29) is 5.84 Å². The van der Waals surface area contributed by atoms with Crippen LogP contribution in [0.2, 0.25) is 0 Å². The average Bonchev–Trinajstić information content (AvgIpc) is 2.82. The van der Waals surface area contributed by atoms with E-state index in [4.69, 9.17) is 10.9 Å². The molecule has 0 bridgehead atoms. The van der Waals surface area contributed by atoms with Crippen molar-refractivity contribution in [2.24, 2.45) is 10.9 Å². The number of hydrogen-bond donors (Lipinski definition) is 3. The molecule has 0 aliphatic rings. The van der Waals surface area contributed by atoms with Crippen LogP contribution in [0.5, 0.6) is 0 Å². The molecule has 0 aromatic carbocycles. The van der Waals surface area contributed by atoms with Crippen LogP contribution in [0.4, 0.5) is 0 Å². The minimum Gasteiger partial charge on any atom is -0.409 e. The zero-order valence-corrected chi connectivity index (χ0v) is 8.98. The SMILES string of the molecule is N/C(=N/O)c1ccncc1Sc1ncc[nH]1. The maximum absolute atomic E-state index is 8.65. The van der Waals surface area contributed by atoms with E-state index in [9.17, 15) is 0 Å².